The molecule has 4 rings (SSSR count). The molecule has 0 unspecified atom stereocenters. The number of anilines is 1. The van der Waals surface area contributed by atoms with Gasteiger partial charge < -0.3 is 19.5 Å². The second-order valence-electron chi connectivity index (χ2n) is 7.39. The lowest BCUT2D eigenvalue weighted by Gasteiger charge is -2.20. The van der Waals surface area contributed by atoms with E-state index in [1.807, 2.05) is 0 Å². The first-order chi connectivity index (χ1) is 16.5. The van der Waals surface area contributed by atoms with Gasteiger partial charge in [0.1, 0.15) is 0 Å². The van der Waals surface area contributed by atoms with Gasteiger partial charge in [-0.2, -0.15) is 0 Å². The van der Waals surface area contributed by atoms with E-state index in [4.69, 9.17) is 14.2 Å². The van der Waals surface area contributed by atoms with Crippen LogP contribution in [-0.2, 0) is 14.3 Å². The molecule has 0 bridgehead atoms. The minimum atomic E-state index is -0.633. The Hall–Kier alpha value is -4.46. The van der Waals surface area contributed by atoms with Crippen molar-refractivity contribution in [2.45, 2.75) is 6.42 Å². The maximum Gasteiger partial charge on any atom is 0.309 e. The second kappa shape index (κ2) is 9.99. The van der Waals surface area contributed by atoms with Crippen LogP contribution in [0.15, 0.2) is 66.7 Å². The lowest BCUT2D eigenvalue weighted by molar-refractivity contribution is -0.147. The molecule has 3 aromatic rings. The molecule has 0 aromatic heterocycles. The van der Waals surface area contributed by atoms with Crippen LogP contribution in [0.25, 0.3) is 0 Å². The Kier molecular flexibility index (Phi) is 6.68. The molecule has 0 saturated carbocycles. The van der Waals surface area contributed by atoms with Gasteiger partial charge in [-0.3, -0.25) is 19.2 Å². The predicted molar refractivity (Wildman–Crippen MR) is 122 cm³/mol. The van der Waals surface area contributed by atoms with Gasteiger partial charge in [-0.1, -0.05) is 48.5 Å². The van der Waals surface area contributed by atoms with Gasteiger partial charge in [-0.25, -0.2) is 0 Å². The van der Waals surface area contributed by atoms with E-state index in [1.54, 1.807) is 60.7 Å². The van der Waals surface area contributed by atoms with Crippen LogP contribution in [0.5, 0.6) is 11.5 Å². The Balaban J connectivity index is 1.34. The number of hydrogen-bond acceptors (Lipinski definition) is 7. The van der Waals surface area contributed by atoms with Gasteiger partial charge in [0.05, 0.1) is 31.4 Å². The molecule has 0 atom stereocenters. The number of para-hydroxylation sites is 2. The molecule has 1 N–H and O–H groups in total. The van der Waals surface area contributed by atoms with E-state index in [1.165, 1.54) is 13.2 Å². The highest BCUT2D eigenvalue weighted by atomic mass is 16.5. The summed E-state index contributed by atoms with van der Waals surface area (Å²) < 4.78 is 15.7. The average Bonchev–Trinajstić information content (AvgIpc) is 2.86. The summed E-state index contributed by atoms with van der Waals surface area (Å²) >= 11 is 0. The van der Waals surface area contributed by atoms with Crippen molar-refractivity contribution in [1.29, 1.82) is 0 Å². The first-order valence-corrected chi connectivity index (χ1v) is 10.5. The highest BCUT2D eigenvalue weighted by Crippen LogP contribution is 2.32. The van der Waals surface area contributed by atoms with Crippen LogP contribution >= 0.6 is 0 Å². The Morgan fingerprint density at radius 3 is 2.18 bits per heavy atom. The van der Waals surface area contributed by atoms with Crippen molar-refractivity contribution < 1.29 is 33.4 Å². The van der Waals surface area contributed by atoms with E-state index < -0.39 is 18.5 Å². The van der Waals surface area contributed by atoms with E-state index >= 15 is 0 Å². The van der Waals surface area contributed by atoms with Gasteiger partial charge in [-0.05, 0) is 18.2 Å². The molecule has 0 saturated heterocycles. The number of hydrogen-bond donors (Lipinski definition) is 1. The topological polar surface area (TPSA) is 108 Å². The summed E-state index contributed by atoms with van der Waals surface area (Å²) in [7, 11) is 1.52. The normalized spacial score (nSPS) is 11.8. The number of rotatable bonds is 8. The van der Waals surface area contributed by atoms with Crippen LogP contribution in [0.2, 0.25) is 0 Å². The summed E-state index contributed by atoms with van der Waals surface area (Å²) in [6, 6.07) is 18.2. The Morgan fingerprint density at radius 1 is 0.794 bits per heavy atom. The van der Waals surface area contributed by atoms with Gasteiger partial charge >= 0.3 is 5.97 Å². The first-order valence-electron chi connectivity index (χ1n) is 10.5. The number of carbonyl (C=O) groups is 4. The fourth-order valence-corrected chi connectivity index (χ4v) is 3.64. The molecule has 0 aliphatic heterocycles. The number of ether oxygens (including phenoxy) is 3. The minimum Gasteiger partial charge on any atom is -0.493 e. The quantitative estimate of drug-likeness (QED) is 0.402. The zero-order valence-electron chi connectivity index (χ0n) is 18.3. The minimum absolute atomic E-state index is 0.0447. The Bertz CT molecular complexity index is 1280. The van der Waals surface area contributed by atoms with Crippen LogP contribution < -0.4 is 14.8 Å². The van der Waals surface area contributed by atoms with Gasteiger partial charge in [0, 0.05) is 16.7 Å². The molecule has 3 aromatic carbocycles. The summed E-state index contributed by atoms with van der Waals surface area (Å²) in [5.74, 6) is -0.872. The van der Waals surface area contributed by atoms with Crippen molar-refractivity contribution in [3.8, 4) is 11.5 Å². The van der Waals surface area contributed by atoms with E-state index in [-0.39, 0.29) is 47.0 Å². The average molecular weight is 459 g/mol. The van der Waals surface area contributed by atoms with Gasteiger partial charge in [0.25, 0.3) is 5.91 Å². The van der Waals surface area contributed by atoms with Gasteiger partial charge in [-0.15, -0.1) is 0 Å². The van der Waals surface area contributed by atoms with E-state index in [9.17, 15) is 19.2 Å². The summed E-state index contributed by atoms with van der Waals surface area (Å²) in [6.45, 7) is -0.501. The molecule has 0 spiro atoms. The number of benzene rings is 3. The fourth-order valence-electron chi connectivity index (χ4n) is 3.64. The lowest BCUT2D eigenvalue weighted by Crippen LogP contribution is -2.26. The fraction of sp³-hybridized carbons (Fsp3) is 0.154. The van der Waals surface area contributed by atoms with Crippen LogP contribution in [0.4, 0.5) is 5.69 Å². The number of fused-ring (bicyclic) bond motifs is 2. The van der Waals surface area contributed by atoms with Crippen molar-refractivity contribution in [2.24, 2.45) is 0 Å². The van der Waals surface area contributed by atoms with Crippen molar-refractivity contribution in [1.82, 2.24) is 0 Å². The van der Waals surface area contributed by atoms with Crippen LogP contribution in [-0.4, -0.2) is 43.8 Å². The maximum absolute atomic E-state index is 13.0. The van der Waals surface area contributed by atoms with Crippen LogP contribution in [0.3, 0.4) is 0 Å². The van der Waals surface area contributed by atoms with Crippen molar-refractivity contribution in [3.05, 3.63) is 89.0 Å². The van der Waals surface area contributed by atoms with E-state index in [0.717, 1.165) is 0 Å². The molecule has 1 amide bonds. The van der Waals surface area contributed by atoms with Crippen molar-refractivity contribution in [2.75, 3.05) is 25.6 Å². The molecule has 1 aliphatic carbocycles. The zero-order chi connectivity index (χ0) is 24.1. The highest BCUT2D eigenvalue weighted by Gasteiger charge is 2.31. The van der Waals surface area contributed by atoms with E-state index in [0.29, 0.717) is 17.1 Å². The molecule has 8 nitrogen and oxygen atoms in total. The maximum atomic E-state index is 13.0. The molecule has 1 aliphatic rings. The zero-order valence-corrected chi connectivity index (χ0v) is 18.3. The van der Waals surface area contributed by atoms with Crippen LogP contribution in [0, 0.1) is 0 Å². The SMILES string of the molecule is COc1ccccc1OCCC(=O)OCC(=O)Nc1cccc2c1C(=O)c1ccccc1C2=O. The second-order valence-corrected chi connectivity index (χ2v) is 7.39. The van der Waals surface area contributed by atoms with Gasteiger partial charge in [0.15, 0.2) is 29.7 Å². The standard InChI is InChI=1S/C26H21NO7/c1-32-20-11-4-5-12-21(20)33-14-13-23(29)34-15-22(28)27-19-10-6-9-18-24(19)26(31)17-8-3-2-7-16(17)25(18)30/h2-12H,13-15H2,1H3,(H,27,28). The third-order valence-electron chi connectivity index (χ3n) is 5.22. The molecule has 0 fully saturated rings. The van der Waals surface area contributed by atoms with Crippen LogP contribution in [0.1, 0.15) is 38.3 Å². The smallest absolute Gasteiger partial charge is 0.309 e. The molecular weight excluding hydrogens is 438 g/mol. The number of esters is 1. The monoisotopic (exact) mass is 459 g/mol. The van der Waals surface area contributed by atoms with Crippen molar-refractivity contribution >= 4 is 29.1 Å². The lowest BCUT2D eigenvalue weighted by atomic mass is 9.83. The third kappa shape index (κ3) is 4.66. The van der Waals surface area contributed by atoms with Gasteiger partial charge in [0.2, 0.25) is 0 Å². The number of ketones is 2. The number of methoxy groups -OCH3 is 1. The number of nitrogens with one attached hydrogen (secondary N) is 1. The summed E-state index contributed by atoms with van der Waals surface area (Å²) in [5, 5.41) is 2.57. The molecular formula is C26H21NO7. The van der Waals surface area contributed by atoms with Crippen molar-refractivity contribution in [3.63, 3.8) is 0 Å². The summed E-state index contributed by atoms with van der Waals surface area (Å²) in [4.78, 5) is 50.2. The number of amides is 1. The molecule has 0 heterocycles. The molecule has 8 heteroatoms. The Labute approximate surface area is 195 Å². The Morgan fingerprint density at radius 2 is 1.44 bits per heavy atom. The predicted octanol–water partition coefficient (Wildman–Crippen LogP) is 3.42. The summed E-state index contributed by atoms with van der Waals surface area (Å²) in [6.07, 6.45) is -0.0736. The molecule has 0 radical (unpaired) electrons. The third-order valence-corrected chi connectivity index (χ3v) is 5.22. The largest absolute Gasteiger partial charge is 0.493 e. The molecule has 172 valence electrons. The molecule has 34 heavy (non-hydrogen) atoms. The highest BCUT2D eigenvalue weighted by molar-refractivity contribution is 6.30. The van der Waals surface area contributed by atoms with E-state index in [2.05, 4.69) is 5.32 Å². The first kappa shape index (κ1) is 22.7. The number of carbonyl (C=O) groups excluding carboxylic acids is 4. The summed E-state index contributed by atoms with van der Waals surface area (Å²) in [5.41, 5.74) is 1.13.